The van der Waals surface area contributed by atoms with E-state index in [2.05, 4.69) is 9.71 Å². The first-order valence-electron chi connectivity index (χ1n) is 6.23. The number of rotatable bonds is 5. The van der Waals surface area contributed by atoms with Crippen LogP contribution in [0, 0.1) is 6.92 Å². The molecule has 1 heterocycles. The van der Waals surface area contributed by atoms with Gasteiger partial charge in [-0.1, -0.05) is 23.7 Å². The van der Waals surface area contributed by atoms with E-state index >= 15 is 0 Å². The van der Waals surface area contributed by atoms with Crippen molar-refractivity contribution < 1.29 is 13.5 Å². The molecule has 0 amide bonds. The van der Waals surface area contributed by atoms with Crippen LogP contribution in [-0.4, -0.2) is 18.5 Å². The smallest absolute Gasteiger partial charge is 0.242 e. The van der Waals surface area contributed by atoms with Gasteiger partial charge in [-0.25, -0.2) is 13.1 Å². The predicted molar refractivity (Wildman–Crippen MR) is 80.4 cm³/mol. The molecule has 0 aliphatic heterocycles. The third kappa shape index (κ3) is 4.01. The molecule has 5 nitrogen and oxygen atoms in total. The maximum absolute atomic E-state index is 12.3. The minimum atomic E-state index is -3.75. The second kappa shape index (κ2) is 6.53. The Kier molecular flexibility index (Phi) is 4.95. The highest BCUT2D eigenvalue weighted by Crippen LogP contribution is 2.22. The molecular weight excluding hydrogens is 312 g/mol. The molecule has 7 heteroatoms. The Morgan fingerprint density at radius 3 is 2.57 bits per heavy atom. The van der Waals surface area contributed by atoms with E-state index in [9.17, 15) is 8.42 Å². The van der Waals surface area contributed by atoms with Gasteiger partial charge in [0.1, 0.15) is 4.90 Å². The molecule has 21 heavy (non-hydrogen) atoms. The molecule has 0 aliphatic carbocycles. The highest BCUT2D eigenvalue weighted by molar-refractivity contribution is 7.89. The Morgan fingerprint density at radius 2 is 1.95 bits per heavy atom. The van der Waals surface area contributed by atoms with Gasteiger partial charge in [0, 0.05) is 18.4 Å². The van der Waals surface area contributed by atoms with Gasteiger partial charge in [-0.2, -0.15) is 0 Å². The van der Waals surface area contributed by atoms with E-state index in [1.54, 1.807) is 18.3 Å². The van der Waals surface area contributed by atoms with Crippen LogP contribution in [0.15, 0.2) is 41.4 Å². The predicted octanol–water partition coefficient (Wildman–Crippen LogP) is 2.01. The fourth-order valence-corrected chi connectivity index (χ4v) is 3.28. The number of aliphatic hydroxyl groups is 1. The first kappa shape index (κ1) is 15.9. The number of hydrogen-bond acceptors (Lipinski definition) is 4. The fraction of sp³-hybridized carbons (Fsp3) is 0.214. The summed E-state index contributed by atoms with van der Waals surface area (Å²) in [6.07, 6.45) is 1.61. The van der Waals surface area contributed by atoms with E-state index in [0.717, 1.165) is 11.3 Å². The molecule has 1 aromatic heterocycles. The van der Waals surface area contributed by atoms with Gasteiger partial charge in [0.15, 0.2) is 0 Å². The second-order valence-corrected chi connectivity index (χ2v) is 6.70. The summed E-state index contributed by atoms with van der Waals surface area (Å²) in [6.45, 7) is 1.73. The van der Waals surface area contributed by atoms with Crippen molar-refractivity contribution in [2.75, 3.05) is 0 Å². The van der Waals surface area contributed by atoms with Gasteiger partial charge < -0.3 is 5.11 Å². The molecule has 0 saturated heterocycles. The van der Waals surface area contributed by atoms with Crippen molar-refractivity contribution >= 4 is 21.6 Å². The van der Waals surface area contributed by atoms with E-state index in [1.807, 2.05) is 13.0 Å². The number of pyridine rings is 1. The van der Waals surface area contributed by atoms with E-state index in [0.29, 0.717) is 5.56 Å². The zero-order valence-electron chi connectivity index (χ0n) is 11.4. The molecule has 0 radical (unpaired) electrons. The van der Waals surface area contributed by atoms with Crippen LogP contribution >= 0.6 is 11.6 Å². The minimum Gasteiger partial charge on any atom is -0.392 e. The first-order chi connectivity index (χ1) is 9.92. The van der Waals surface area contributed by atoms with Crippen molar-refractivity contribution in [3.63, 3.8) is 0 Å². The van der Waals surface area contributed by atoms with Crippen molar-refractivity contribution in [3.05, 3.63) is 58.4 Å². The number of nitrogens with zero attached hydrogens (tertiary/aromatic N) is 1. The number of nitrogens with one attached hydrogen (secondary N) is 1. The lowest BCUT2D eigenvalue weighted by molar-refractivity contribution is 0.281. The summed E-state index contributed by atoms with van der Waals surface area (Å²) in [5.74, 6) is 0. The molecule has 0 spiro atoms. The number of hydrogen-bond donors (Lipinski definition) is 2. The highest BCUT2D eigenvalue weighted by atomic mass is 35.5. The summed E-state index contributed by atoms with van der Waals surface area (Å²) in [5, 5.41) is 9.20. The van der Waals surface area contributed by atoms with Gasteiger partial charge in [-0.3, -0.25) is 4.98 Å². The molecule has 0 fully saturated rings. The summed E-state index contributed by atoms with van der Waals surface area (Å²) in [6, 6.07) is 8.00. The summed E-state index contributed by atoms with van der Waals surface area (Å²) in [4.78, 5) is 4.06. The molecule has 0 aliphatic rings. The molecule has 2 N–H and O–H groups in total. The Bertz CT molecular complexity index is 730. The fourth-order valence-electron chi connectivity index (χ4n) is 1.71. The molecule has 2 rings (SSSR count). The van der Waals surface area contributed by atoms with Gasteiger partial charge in [0.25, 0.3) is 0 Å². The number of benzene rings is 1. The van der Waals surface area contributed by atoms with Crippen LogP contribution in [0.2, 0.25) is 5.02 Å². The lowest BCUT2D eigenvalue weighted by atomic mass is 10.2. The third-order valence-corrected chi connectivity index (χ3v) is 4.79. The van der Waals surface area contributed by atoms with Gasteiger partial charge in [-0.15, -0.1) is 0 Å². The zero-order chi connectivity index (χ0) is 15.5. The highest BCUT2D eigenvalue weighted by Gasteiger charge is 2.18. The number of aromatic nitrogens is 1. The van der Waals surface area contributed by atoms with Crippen molar-refractivity contribution in [1.29, 1.82) is 0 Å². The monoisotopic (exact) mass is 326 g/mol. The number of aryl methyl sites for hydroxylation is 1. The quantitative estimate of drug-likeness (QED) is 0.881. The average Bonchev–Trinajstić information content (AvgIpc) is 2.47. The zero-order valence-corrected chi connectivity index (χ0v) is 12.9. The Morgan fingerprint density at radius 1 is 1.24 bits per heavy atom. The van der Waals surface area contributed by atoms with Crippen LogP contribution in [-0.2, 0) is 23.2 Å². The summed E-state index contributed by atoms with van der Waals surface area (Å²) >= 11 is 5.93. The molecule has 0 atom stereocenters. The van der Waals surface area contributed by atoms with E-state index < -0.39 is 10.0 Å². The largest absolute Gasteiger partial charge is 0.392 e. The van der Waals surface area contributed by atoms with Gasteiger partial charge in [0.05, 0.1) is 11.6 Å². The van der Waals surface area contributed by atoms with Gasteiger partial charge >= 0.3 is 0 Å². The first-order valence-corrected chi connectivity index (χ1v) is 8.09. The van der Waals surface area contributed by atoms with Crippen LogP contribution in [0.5, 0.6) is 0 Å². The number of halogens is 1. The van der Waals surface area contributed by atoms with E-state index in [4.69, 9.17) is 16.7 Å². The van der Waals surface area contributed by atoms with E-state index in [-0.39, 0.29) is 23.1 Å². The summed E-state index contributed by atoms with van der Waals surface area (Å²) in [7, 11) is -3.75. The van der Waals surface area contributed by atoms with Crippen LogP contribution in [0.4, 0.5) is 0 Å². The second-order valence-electron chi connectivity index (χ2n) is 4.56. The third-order valence-electron chi connectivity index (χ3n) is 2.91. The van der Waals surface area contributed by atoms with Crippen molar-refractivity contribution in [3.8, 4) is 0 Å². The van der Waals surface area contributed by atoms with Crippen LogP contribution in [0.25, 0.3) is 0 Å². The standard InChI is InChI=1S/C14H15ClN2O3S/c1-10-2-3-12(7-16-10)8-17-21(19,20)14-6-11(9-18)4-5-13(14)15/h2-7,17-18H,8-9H2,1H3. The molecule has 0 saturated carbocycles. The summed E-state index contributed by atoms with van der Waals surface area (Å²) < 4.78 is 27.0. The molecule has 1 aromatic carbocycles. The summed E-state index contributed by atoms with van der Waals surface area (Å²) in [5.41, 5.74) is 2.09. The number of sulfonamides is 1. The molecule has 0 bridgehead atoms. The number of aliphatic hydroxyl groups excluding tert-OH is 1. The van der Waals surface area contributed by atoms with Crippen LogP contribution < -0.4 is 4.72 Å². The van der Waals surface area contributed by atoms with Crippen molar-refractivity contribution in [2.45, 2.75) is 25.0 Å². The van der Waals surface area contributed by atoms with E-state index in [1.165, 1.54) is 12.1 Å². The Labute approximate surface area is 128 Å². The molecule has 112 valence electrons. The SMILES string of the molecule is Cc1ccc(CNS(=O)(=O)c2cc(CO)ccc2Cl)cn1. The molecule has 0 unspecified atom stereocenters. The average molecular weight is 327 g/mol. The topological polar surface area (TPSA) is 79.3 Å². The van der Waals surface area contributed by atoms with Crippen LogP contribution in [0.1, 0.15) is 16.8 Å². The molecular formula is C14H15ClN2O3S. The maximum Gasteiger partial charge on any atom is 0.242 e. The lowest BCUT2D eigenvalue weighted by Gasteiger charge is -2.09. The molecule has 2 aromatic rings. The Hall–Kier alpha value is -1.47. The normalized spacial score (nSPS) is 11.6. The minimum absolute atomic E-state index is 0.0456. The van der Waals surface area contributed by atoms with Gasteiger partial charge in [-0.05, 0) is 36.2 Å². The van der Waals surface area contributed by atoms with Gasteiger partial charge in [0.2, 0.25) is 10.0 Å². The van der Waals surface area contributed by atoms with Crippen molar-refractivity contribution in [1.82, 2.24) is 9.71 Å². The van der Waals surface area contributed by atoms with Crippen LogP contribution in [0.3, 0.4) is 0 Å². The Balaban J connectivity index is 2.20. The lowest BCUT2D eigenvalue weighted by Crippen LogP contribution is -2.23. The van der Waals surface area contributed by atoms with Crippen molar-refractivity contribution in [2.24, 2.45) is 0 Å². The maximum atomic E-state index is 12.3.